The van der Waals surface area contributed by atoms with Crippen molar-refractivity contribution in [3.63, 3.8) is 0 Å². The van der Waals surface area contributed by atoms with Crippen molar-refractivity contribution >= 4 is 15.9 Å². The third kappa shape index (κ3) is 3.35. The van der Waals surface area contributed by atoms with E-state index in [0.717, 1.165) is 6.42 Å². The summed E-state index contributed by atoms with van der Waals surface area (Å²) in [4.78, 5) is 12.2. The van der Waals surface area contributed by atoms with Crippen molar-refractivity contribution in [3.8, 4) is 11.5 Å². The van der Waals surface area contributed by atoms with Gasteiger partial charge < -0.3 is 9.47 Å². The van der Waals surface area contributed by atoms with E-state index >= 15 is 0 Å². The summed E-state index contributed by atoms with van der Waals surface area (Å²) in [5, 5.41) is 0. The van der Waals surface area contributed by atoms with Crippen LogP contribution in [0.1, 0.15) is 22.3 Å². The number of sulfonamides is 1. The number of ether oxygens (including phenoxy) is 2. The van der Waals surface area contributed by atoms with Crippen LogP contribution in [0.15, 0.2) is 47.4 Å². The number of carbonyl (C=O) groups excluding carboxylic acids is 1. The first-order valence-corrected chi connectivity index (χ1v) is 8.98. The van der Waals surface area contributed by atoms with Gasteiger partial charge in [-0.25, -0.2) is 13.1 Å². The average Bonchev–Trinajstić information content (AvgIpc) is 2.79. The fourth-order valence-electron chi connectivity index (χ4n) is 2.37. The minimum atomic E-state index is -4.00. The fourth-order valence-corrected chi connectivity index (χ4v) is 3.36. The van der Waals surface area contributed by atoms with Gasteiger partial charge in [-0.2, -0.15) is 0 Å². The van der Waals surface area contributed by atoms with Gasteiger partial charge in [-0.05, 0) is 30.7 Å². The maximum Gasteiger partial charge on any atom is 0.265 e. The molecule has 0 spiro atoms. The van der Waals surface area contributed by atoms with E-state index in [0.29, 0.717) is 35.8 Å². The molecule has 7 heteroatoms. The molecular weight excluding hydrogens is 330 g/mol. The smallest absolute Gasteiger partial charge is 0.265 e. The van der Waals surface area contributed by atoms with E-state index in [4.69, 9.17) is 9.47 Å². The van der Waals surface area contributed by atoms with Gasteiger partial charge in [0.05, 0.1) is 18.1 Å². The summed E-state index contributed by atoms with van der Waals surface area (Å²) in [6.07, 6.45) is 0.723. The highest BCUT2D eigenvalue weighted by atomic mass is 32.2. The highest BCUT2D eigenvalue weighted by molar-refractivity contribution is 7.90. The molecule has 0 radical (unpaired) electrons. The van der Waals surface area contributed by atoms with Crippen molar-refractivity contribution in [1.29, 1.82) is 0 Å². The lowest BCUT2D eigenvalue weighted by Crippen LogP contribution is -2.31. The Balaban J connectivity index is 1.87. The molecule has 6 nitrogen and oxygen atoms in total. The highest BCUT2D eigenvalue weighted by Crippen LogP contribution is 2.31. The average molecular weight is 347 g/mol. The molecule has 0 unspecified atom stereocenters. The van der Waals surface area contributed by atoms with Crippen molar-refractivity contribution in [2.24, 2.45) is 0 Å². The molecule has 1 amide bonds. The van der Waals surface area contributed by atoms with Crippen LogP contribution in [0.2, 0.25) is 0 Å². The van der Waals surface area contributed by atoms with Gasteiger partial charge in [0.2, 0.25) is 0 Å². The van der Waals surface area contributed by atoms with Crippen LogP contribution in [-0.4, -0.2) is 27.5 Å². The zero-order chi connectivity index (χ0) is 17.2. The first kappa shape index (κ1) is 16.3. The van der Waals surface area contributed by atoms with Gasteiger partial charge in [0, 0.05) is 18.1 Å². The Morgan fingerprint density at radius 1 is 1.04 bits per heavy atom. The van der Waals surface area contributed by atoms with Crippen molar-refractivity contribution in [2.75, 3.05) is 13.2 Å². The maximum atomic E-state index is 12.5. The molecule has 1 aliphatic heterocycles. The van der Waals surface area contributed by atoms with E-state index in [-0.39, 0.29) is 4.90 Å². The van der Waals surface area contributed by atoms with Crippen molar-refractivity contribution in [2.45, 2.75) is 18.2 Å². The van der Waals surface area contributed by atoms with Crippen LogP contribution in [-0.2, 0) is 10.0 Å². The summed E-state index contributed by atoms with van der Waals surface area (Å²) in [5.74, 6) is 0.190. The molecule has 2 aromatic rings. The van der Waals surface area contributed by atoms with Gasteiger partial charge in [-0.1, -0.05) is 18.2 Å². The molecular formula is C17H17NO5S. The standard InChI is InChI=1S/C17H17NO5S/c1-12-5-2-3-6-14(12)17(19)18-24(20,21)13-7-8-15-16(11-13)23-10-4-9-22-15/h2-3,5-8,11H,4,9-10H2,1H3,(H,18,19). The van der Waals surface area contributed by atoms with E-state index in [1.807, 2.05) is 0 Å². The molecule has 126 valence electrons. The molecule has 24 heavy (non-hydrogen) atoms. The number of carbonyl (C=O) groups is 1. The second kappa shape index (κ2) is 6.52. The van der Waals surface area contributed by atoms with Gasteiger partial charge in [-0.15, -0.1) is 0 Å². The Hall–Kier alpha value is -2.54. The molecule has 3 rings (SSSR count). The minimum Gasteiger partial charge on any atom is -0.490 e. The molecule has 1 heterocycles. The van der Waals surface area contributed by atoms with Crippen molar-refractivity contribution in [1.82, 2.24) is 4.72 Å². The summed E-state index contributed by atoms with van der Waals surface area (Å²) in [7, 11) is -4.00. The van der Waals surface area contributed by atoms with Crippen LogP contribution >= 0.6 is 0 Å². The highest BCUT2D eigenvalue weighted by Gasteiger charge is 2.22. The summed E-state index contributed by atoms with van der Waals surface area (Å²) >= 11 is 0. The number of rotatable bonds is 3. The number of amides is 1. The molecule has 1 N–H and O–H groups in total. The Morgan fingerprint density at radius 2 is 1.75 bits per heavy atom. The molecule has 0 bridgehead atoms. The van der Waals surface area contributed by atoms with Gasteiger partial charge in [0.25, 0.3) is 15.9 Å². The number of nitrogens with one attached hydrogen (secondary N) is 1. The lowest BCUT2D eigenvalue weighted by molar-refractivity contribution is 0.0981. The SMILES string of the molecule is Cc1ccccc1C(=O)NS(=O)(=O)c1ccc2c(c1)OCCCO2. The van der Waals surface area contributed by atoms with Gasteiger partial charge in [-0.3, -0.25) is 4.79 Å². The maximum absolute atomic E-state index is 12.5. The molecule has 0 fully saturated rings. The molecule has 0 aromatic heterocycles. The Morgan fingerprint density at radius 3 is 2.50 bits per heavy atom. The molecule has 1 aliphatic rings. The van der Waals surface area contributed by atoms with Gasteiger partial charge >= 0.3 is 0 Å². The first-order chi connectivity index (χ1) is 11.5. The molecule has 2 aromatic carbocycles. The predicted octanol–water partition coefficient (Wildman–Crippen LogP) is 2.28. The van der Waals surface area contributed by atoms with E-state index in [9.17, 15) is 13.2 Å². The lowest BCUT2D eigenvalue weighted by atomic mass is 10.1. The van der Waals surface area contributed by atoms with E-state index < -0.39 is 15.9 Å². The summed E-state index contributed by atoms with van der Waals surface area (Å²) in [6, 6.07) is 11.1. The largest absolute Gasteiger partial charge is 0.490 e. The number of hydrogen-bond acceptors (Lipinski definition) is 5. The minimum absolute atomic E-state index is 0.0475. The predicted molar refractivity (Wildman–Crippen MR) is 87.9 cm³/mol. The number of benzene rings is 2. The molecule has 0 aliphatic carbocycles. The van der Waals surface area contributed by atoms with Gasteiger partial charge in [0.15, 0.2) is 11.5 Å². The Kier molecular flexibility index (Phi) is 4.44. The second-order valence-corrected chi connectivity index (χ2v) is 7.09. The summed E-state index contributed by atoms with van der Waals surface area (Å²) in [5.41, 5.74) is 1.01. The Labute approximate surface area is 140 Å². The van der Waals surface area contributed by atoms with Crippen LogP contribution in [0.4, 0.5) is 0 Å². The second-order valence-electron chi connectivity index (χ2n) is 5.41. The zero-order valence-corrected chi connectivity index (χ0v) is 13.9. The third-order valence-electron chi connectivity index (χ3n) is 3.65. The lowest BCUT2D eigenvalue weighted by Gasteiger charge is -2.11. The quantitative estimate of drug-likeness (QED) is 0.921. The fraction of sp³-hybridized carbons (Fsp3) is 0.235. The summed E-state index contributed by atoms with van der Waals surface area (Å²) in [6.45, 7) is 2.71. The van der Waals surface area contributed by atoms with E-state index in [1.165, 1.54) is 18.2 Å². The number of fused-ring (bicyclic) bond motifs is 1. The van der Waals surface area contributed by atoms with Crippen LogP contribution in [0.5, 0.6) is 11.5 Å². The Bertz CT molecular complexity index is 876. The van der Waals surface area contributed by atoms with Gasteiger partial charge in [0.1, 0.15) is 0 Å². The first-order valence-electron chi connectivity index (χ1n) is 7.50. The zero-order valence-electron chi connectivity index (χ0n) is 13.1. The monoisotopic (exact) mass is 347 g/mol. The van der Waals surface area contributed by atoms with Crippen LogP contribution in [0, 0.1) is 6.92 Å². The molecule has 0 atom stereocenters. The van der Waals surface area contributed by atoms with Crippen LogP contribution < -0.4 is 14.2 Å². The third-order valence-corrected chi connectivity index (χ3v) is 4.97. The van der Waals surface area contributed by atoms with Crippen molar-refractivity contribution < 1.29 is 22.7 Å². The van der Waals surface area contributed by atoms with Crippen molar-refractivity contribution in [3.05, 3.63) is 53.6 Å². The van der Waals surface area contributed by atoms with Crippen LogP contribution in [0.25, 0.3) is 0 Å². The van der Waals surface area contributed by atoms with E-state index in [1.54, 1.807) is 31.2 Å². The number of hydrogen-bond donors (Lipinski definition) is 1. The topological polar surface area (TPSA) is 81.7 Å². The number of aryl methyl sites for hydroxylation is 1. The normalized spacial score (nSPS) is 13.9. The van der Waals surface area contributed by atoms with Crippen LogP contribution in [0.3, 0.4) is 0 Å². The van der Waals surface area contributed by atoms with E-state index in [2.05, 4.69) is 4.72 Å². The molecule has 0 saturated carbocycles. The summed E-state index contributed by atoms with van der Waals surface area (Å²) < 4.78 is 38.0. The molecule has 0 saturated heterocycles.